The highest BCUT2D eigenvalue weighted by molar-refractivity contribution is 6.13. The molecule has 9 heteroatoms. The Labute approximate surface area is 219 Å². The molecule has 0 aliphatic carbocycles. The van der Waals surface area contributed by atoms with Crippen LogP contribution in [0.2, 0.25) is 0 Å². The molecule has 1 atom stereocenters. The zero-order chi connectivity index (χ0) is 27.8. The summed E-state index contributed by atoms with van der Waals surface area (Å²) in [6, 6.07) is 7.32. The van der Waals surface area contributed by atoms with E-state index in [9.17, 15) is 14.4 Å². The quantitative estimate of drug-likeness (QED) is 0.399. The molecule has 9 nitrogen and oxygen atoms in total. The van der Waals surface area contributed by atoms with Gasteiger partial charge in [-0.1, -0.05) is 12.1 Å². The standard InChI is InChI=1S/C28H39N3O6/c1-26(2,3)35-23(32)30-16-10-11-21(30)19-12-13-20-18(17-19)14-15-29-22(20)31(24(33)36-27(4,5)6)25(34)37-28(7,8)9/h12-15,17,21H,10-11,16H2,1-9H3. The molecule has 0 spiro atoms. The molecule has 3 rings (SSSR count). The average Bonchev–Trinajstić information content (AvgIpc) is 3.20. The Bertz CT molecular complexity index is 1150. The lowest BCUT2D eigenvalue weighted by Crippen LogP contribution is -2.44. The zero-order valence-electron chi connectivity index (χ0n) is 23.4. The summed E-state index contributed by atoms with van der Waals surface area (Å²) in [5, 5.41) is 1.33. The molecule has 3 amide bonds. The lowest BCUT2D eigenvalue weighted by atomic mass is 10.0. The molecule has 1 aromatic heterocycles. The first-order valence-corrected chi connectivity index (χ1v) is 12.6. The fourth-order valence-electron chi connectivity index (χ4n) is 4.08. The van der Waals surface area contributed by atoms with E-state index in [2.05, 4.69) is 4.98 Å². The Kier molecular flexibility index (Phi) is 7.77. The summed E-state index contributed by atoms with van der Waals surface area (Å²) in [5.74, 6) is 0.114. The maximum absolute atomic E-state index is 13.1. The van der Waals surface area contributed by atoms with E-state index in [1.165, 1.54) is 6.20 Å². The Morgan fingerprint density at radius 1 is 0.865 bits per heavy atom. The van der Waals surface area contributed by atoms with E-state index in [1.807, 2.05) is 32.9 Å². The summed E-state index contributed by atoms with van der Waals surface area (Å²) >= 11 is 0. The number of hydrogen-bond donors (Lipinski definition) is 0. The maximum Gasteiger partial charge on any atom is 0.425 e. The van der Waals surface area contributed by atoms with E-state index in [4.69, 9.17) is 14.2 Å². The lowest BCUT2D eigenvalue weighted by molar-refractivity contribution is 0.0223. The van der Waals surface area contributed by atoms with Gasteiger partial charge >= 0.3 is 18.3 Å². The first kappa shape index (κ1) is 28.2. The predicted molar refractivity (Wildman–Crippen MR) is 142 cm³/mol. The van der Waals surface area contributed by atoms with Gasteiger partial charge in [-0.3, -0.25) is 0 Å². The van der Waals surface area contributed by atoms with E-state index in [1.54, 1.807) is 58.6 Å². The third-order valence-corrected chi connectivity index (χ3v) is 5.40. The zero-order valence-corrected chi connectivity index (χ0v) is 23.4. The van der Waals surface area contributed by atoms with Crippen molar-refractivity contribution in [3.63, 3.8) is 0 Å². The van der Waals surface area contributed by atoms with Crippen LogP contribution in [0.3, 0.4) is 0 Å². The molecule has 1 aliphatic rings. The van der Waals surface area contributed by atoms with Crippen molar-refractivity contribution in [2.75, 3.05) is 11.4 Å². The Morgan fingerprint density at radius 2 is 1.43 bits per heavy atom. The third kappa shape index (κ3) is 7.33. The summed E-state index contributed by atoms with van der Waals surface area (Å²) < 4.78 is 16.6. The highest BCUT2D eigenvalue weighted by atomic mass is 16.6. The molecule has 0 radical (unpaired) electrons. The largest absolute Gasteiger partial charge is 0.444 e. The minimum Gasteiger partial charge on any atom is -0.444 e. The Hall–Kier alpha value is -3.36. The minimum absolute atomic E-state index is 0.114. The van der Waals surface area contributed by atoms with Crippen LogP contribution in [0, 0.1) is 0 Å². The molecule has 202 valence electrons. The lowest BCUT2D eigenvalue weighted by Gasteiger charge is -2.29. The number of anilines is 1. The Balaban J connectivity index is 2.01. The number of likely N-dealkylation sites (tertiary alicyclic amines) is 1. The number of aromatic nitrogens is 1. The Morgan fingerprint density at radius 3 is 1.97 bits per heavy atom. The second-order valence-corrected chi connectivity index (χ2v) is 12.2. The number of amides is 3. The van der Waals surface area contributed by atoms with Gasteiger partial charge in [0.15, 0.2) is 5.82 Å². The number of benzene rings is 1. The molecule has 1 fully saturated rings. The highest BCUT2D eigenvalue weighted by Crippen LogP contribution is 2.36. The maximum atomic E-state index is 13.1. The second-order valence-electron chi connectivity index (χ2n) is 12.2. The van der Waals surface area contributed by atoms with E-state index in [-0.39, 0.29) is 18.0 Å². The van der Waals surface area contributed by atoms with Crippen molar-refractivity contribution in [3.8, 4) is 0 Å². The first-order valence-electron chi connectivity index (χ1n) is 12.6. The normalized spacial score (nSPS) is 16.5. The molecule has 0 bridgehead atoms. The first-order chi connectivity index (χ1) is 17.0. The monoisotopic (exact) mass is 513 g/mol. The van der Waals surface area contributed by atoms with Gasteiger partial charge in [0.2, 0.25) is 0 Å². The van der Waals surface area contributed by atoms with Crippen molar-refractivity contribution in [1.29, 1.82) is 0 Å². The molecule has 1 aliphatic heterocycles. The average molecular weight is 514 g/mol. The number of carbonyl (C=O) groups is 3. The van der Waals surface area contributed by atoms with Crippen LogP contribution in [-0.2, 0) is 14.2 Å². The number of ether oxygens (including phenoxy) is 3. The number of nitrogens with zero attached hydrogens (tertiary/aromatic N) is 3. The van der Waals surface area contributed by atoms with Crippen LogP contribution in [0.4, 0.5) is 20.2 Å². The van der Waals surface area contributed by atoms with Crippen molar-refractivity contribution in [2.24, 2.45) is 0 Å². The van der Waals surface area contributed by atoms with Crippen LogP contribution in [-0.4, -0.2) is 51.5 Å². The molecule has 2 aromatic rings. The van der Waals surface area contributed by atoms with E-state index < -0.39 is 29.0 Å². The molecular weight excluding hydrogens is 474 g/mol. The van der Waals surface area contributed by atoms with Crippen molar-refractivity contribution in [3.05, 3.63) is 36.0 Å². The van der Waals surface area contributed by atoms with Gasteiger partial charge < -0.3 is 19.1 Å². The van der Waals surface area contributed by atoms with Gasteiger partial charge in [0.25, 0.3) is 0 Å². The molecule has 37 heavy (non-hydrogen) atoms. The molecule has 2 heterocycles. The van der Waals surface area contributed by atoms with Crippen molar-refractivity contribution >= 4 is 34.9 Å². The molecule has 0 saturated carbocycles. The van der Waals surface area contributed by atoms with Gasteiger partial charge in [-0.2, -0.15) is 4.90 Å². The van der Waals surface area contributed by atoms with Gasteiger partial charge in [0.05, 0.1) is 6.04 Å². The van der Waals surface area contributed by atoms with Crippen LogP contribution < -0.4 is 4.90 Å². The SMILES string of the molecule is CC(C)(C)OC(=O)N(C(=O)OC(C)(C)C)c1nccc2cc(C3CCCN3C(=O)OC(C)(C)C)ccc12. The fourth-order valence-corrected chi connectivity index (χ4v) is 4.08. The summed E-state index contributed by atoms with van der Waals surface area (Å²) in [6.07, 6.45) is 1.12. The van der Waals surface area contributed by atoms with Gasteiger partial charge in [-0.15, -0.1) is 0 Å². The van der Waals surface area contributed by atoms with E-state index in [0.717, 1.165) is 28.7 Å². The molecule has 1 aromatic carbocycles. The van der Waals surface area contributed by atoms with Gasteiger partial charge in [0, 0.05) is 18.1 Å². The van der Waals surface area contributed by atoms with Crippen molar-refractivity contribution < 1.29 is 28.6 Å². The number of carbonyl (C=O) groups excluding carboxylic acids is 3. The highest BCUT2D eigenvalue weighted by Gasteiger charge is 2.36. The van der Waals surface area contributed by atoms with Gasteiger partial charge in [-0.05, 0) is 98.2 Å². The summed E-state index contributed by atoms with van der Waals surface area (Å²) in [4.78, 5) is 46.0. The van der Waals surface area contributed by atoms with Crippen LogP contribution in [0.25, 0.3) is 10.8 Å². The van der Waals surface area contributed by atoms with Crippen molar-refractivity contribution in [1.82, 2.24) is 9.88 Å². The smallest absolute Gasteiger partial charge is 0.425 e. The summed E-state index contributed by atoms with van der Waals surface area (Å²) in [6.45, 7) is 16.5. The van der Waals surface area contributed by atoms with Crippen LogP contribution >= 0.6 is 0 Å². The predicted octanol–water partition coefficient (Wildman–Crippen LogP) is 6.98. The van der Waals surface area contributed by atoms with Crippen molar-refractivity contribution in [2.45, 2.75) is 98.0 Å². The topological polar surface area (TPSA) is 98.3 Å². The number of hydrogen-bond acceptors (Lipinski definition) is 7. The van der Waals surface area contributed by atoms with E-state index >= 15 is 0 Å². The summed E-state index contributed by atoms with van der Waals surface area (Å²) in [5.41, 5.74) is -1.30. The van der Waals surface area contributed by atoms with Crippen LogP contribution in [0.15, 0.2) is 30.5 Å². The fraction of sp³-hybridized carbons (Fsp3) is 0.571. The van der Waals surface area contributed by atoms with E-state index in [0.29, 0.717) is 11.9 Å². The van der Waals surface area contributed by atoms with Gasteiger partial charge in [-0.25, -0.2) is 19.4 Å². The molecule has 1 unspecified atom stereocenters. The van der Waals surface area contributed by atoms with Crippen LogP contribution in [0.1, 0.15) is 86.8 Å². The minimum atomic E-state index is -0.877. The number of pyridine rings is 1. The van der Waals surface area contributed by atoms with Gasteiger partial charge in [0.1, 0.15) is 16.8 Å². The number of rotatable bonds is 2. The molecule has 0 N–H and O–H groups in total. The number of imide groups is 1. The number of fused-ring (bicyclic) bond motifs is 1. The second kappa shape index (κ2) is 10.2. The third-order valence-electron chi connectivity index (χ3n) is 5.40. The van der Waals surface area contributed by atoms with Crippen LogP contribution in [0.5, 0.6) is 0 Å². The molecular formula is C28H39N3O6. The summed E-state index contributed by atoms with van der Waals surface area (Å²) in [7, 11) is 0. The molecule has 1 saturated heterocycles.